The molecular weight excluding hydrogens is 252 g/mol. The third-order valence-corrected chi connectivity index (χ3v) is 5.66. The van der Waals surface area contributed by atoms with Gasteiger partial charge in [-0.1, -0.05) is 34.6 Å². The van der Waals surface area contributed by atoms with Crippen LogP contribution in [-0.2, 0) is 0 Å². The number of hydrogen-bond donors (Lipinski definition) is 1. The van der Waals surface area contributed by atoms with E-state index in [0.717, 1.165) is 24.9 Å². The van der Waals surface area contributed by atoms with Crippen LogP contribution in [0.2, 0.25) is 0 Å². The van der Waals surface area contributed by atoms with Crippen LogP contribution < -0.4 is 5.32 Å². The maximum absolute atomic E-state index is 3.60. The van der Waals surface area contributed by atoms with Crippen LogP contribution >= 0.6 is 11.8 Å². The fourth-order valence-electron chi connectivity index (χ4n) is 2.57. The molecule has 1 heterocycles. The molecule has 0 saturated carbocycles. The van der Waals surface area contributed by atoms with E-state index in [9.17, 15) is 0 Å². The molecule has 2 atom stereocenters. The van der Waals surface area contributed by atoms with Gasteiger partial charge in [-0.2, -0.15) is 11.8 Å². The maximum Gasteiger partial charge on any atom is 0.0116 e. The van der Waals surface area contributed by atoms with E-state index in [0.29, 0.717) is 10.8 Å². The van der Waals surface area contributed by atoms with Gasteiger partial charge in [0.1, 0.15) is 0 Å². The second kappa shape index (κ2) is 7.90. The standard InChI is InChI=1S/C16H34N2S/c1-13(2)11-17-12-14(3)15(4)18-8-7-16(5,6)19-10-9-18/h13-15,17H,7-12H2,1-6H3. The summed E-state index contributed by atoms with van der Waals surface area (Å²) in [6.07, 6.45) is 1.31. The van der Waals surface area contributed by atoms with Gasteiger partial charge in [0.25, 0.3) is 0 Å². The monoisotopic (exact) mass is 286 g/mol. The van der Waals surface area contributed by atoms with Gasteiger partial charge in [-0.15, -0.1) is 0 Å². The summed E-state index contributed by atoms with van der Waals surface area (Å²) in [5.41, 5.74) is 0. The van der Waals surface area contributed by atoms with E-state index in [-0.39, 0.29) is 0 Å². The van der Waals surface area contributed by atoms with E-state index in [1.54, 1.807) is 0 Å². The molecule has 2 nitrogen and oxygen atoms in total. The van der Waals surface area contributed by atoms with Crippen molar-refractivity contribution in [2.75, 3.05) is 31.9 Å². The Morgan fingerprint density at radius 3 is 2.42 bits per heavy atom. The Morgan fingerprint density at radius 2 is 1.79 bits per heavy atom. The summed E-state index contributed by atoms with van der Waals surface area (Å²) >= 11 is 2.14. The Bertz CT molecular complexity index is 253. The van der Waals surface area contributed by atoms with Gasteiger partial charge in [0.15, 0.2) is 0 Å². The molecule has 1 fully saturated rings. The van der Waals surface area contributed by atoms with Gasteiger partial charge in [0.05, 0.1) is 0 Å². The lowest BCUT2D eigenvalue weighted by Crippen LogP contribution is -2.43. The average molecular weight is 287 g/mol. The lowest BCUT2D eigenvalue weighted by Gasteiger charge is -2.32. The zero-order valence-electron chi connectivity index (χ0n) is 13.8. The largest absolute Gasteiger partial charge is 0.316 e. The van der Waals surface area contributed by atoms with Gasteiger partial charge in [-0.3, -0.25) is 4.90 Å². The van der Waals surface area contributed by atoms with Gasteiger partial charge in [-0.05, 0) is 44.8 Å². The molecule has 0 aromatic rings. The Labute approximate surface area is 125 Å². The fraction of sp³-hybridized carbons (Fsp3) is 1.00. The van der Waals surface area contributed by atoms with Gasteiger partial charge >= 0.3 is 0 Å². The van der Waals surface area contributed by atoms with Crippen molar-refractivity contribution in [3.8, 4) is 0 Å². The first kappa shape index (κ1) is 17.3. The lowest BCUT2D eigenvalue weighted by atomic mass is 10.0. The predicted molar refractivity (Wildman–Crippen MR) is 89.1 cm³/mol. The molecule has 0 aromatic heterocycles. The number of rotatable bonds is 6. The average Bonchev–Trinajstić information content (AvgIpc) is 2.48. The molecule has 0 aliphatic carbocycles. The molecule has 0 radical (unpaired) electrons. The molecule has 1 N–H and O–H groups in total. The molecule has 0 spiro atoms. The molecule has 19 heavy (non-hydrogen) atoms. The molecule has 114 valence electrons. The van der Waals surface area contributed by atoms with Crippen molar-refractivity contribution in [2.45, 2.75) is 58.8 Å². The van der Waals surface area contributed by atoms with E-state index in [2.05, 4.69) is 63.5 Å². The first-order valence-electron chi connectivity index (χ1n) is 7.90. The SMILES string of the molecule is CC(C)CNCC(C)C(C)N1CCSC(C)(C)CC1. The minimum atomic E-state index is 0.466. The molecule has 0 amide bonds. The van der Waals surface area contributed by atoms with Crippen LogP contribution in [0.15, 0.2) is 0 Å². The van der Waals surface area contributed by atoms with E-state index < -0.39 is 0 Å². The molecule has 3 heteroatoms. The highest BCUT2D eigenvalue weighted by atomic mass is 32.2. The third kappa shape index (κ3) is 6.50. The van der Waals surface area contributed by atoms with Crippen LogP contribution in [-0.4, -0.2) is 47.6 Å². The molecule has 2 unspecified atom stereocenters. The minimum Gasteiger partial charge on any atom is -0.316 e. The Balaban J connectivity index is 2.36. The normalized spacial score (nSPS) is 24.2. The summed E-state index contributed by atoms with van der Waals surface area (Å²) < 4.78 is 0.466. The summed E-state index contributed by atoms with van der Waals surface area (Å²) in [5, 5.41) is 3.60. The van der Waals surface area contributed by atoms with Gasteiger partial charge < -0.3 is 5.32 Å². The zero-order chi connectivity index (χ0) is 14.5. The topological polar surface area (TPSA) is 15.3 Å². The van der Waals surface area contributed by atoms with Crippen molar-refractivity contribution >= 4 is 11.8 Å². The van der Waals surface area contributed by atoms with Crippen LogP contribution in [0.25, 0.3) is 0 Å². The summed E-state index contributed by atoms with van der Waals surface area (Å²) in [4.78, 5) is 2.70. The molecule has 1 aliphatic heterocycles. The predicted octanol–water partition coefficient (Wildman–Crippen LogP) is 3.47. The van der Waals surface area contributed by atoms with Crippen LogP contribution in [0.4, 0.5) is 0 Å². The number of hydrogen-bond acceptors (Lipinski definition) is 3. The molecular formula is C16H34N2S. The highest BCUT2D eigenvalue weighted by molar-refractivity contribution is 8.00. The van der Waals surface area contributed by atoms with E-state index in [1.165, 1.54) is 25.3 Å². The van der Waals surface area contributed by atoms with E-state index >= 15 is 0 Å². The summed E-state index contributed by atoms with van der Waals surface area (Å²) in [7, 11) is 0. The van der Waals surface area contributed by atoms with Crippen molar-refractivity contribution in [3.05, 3.63) is 0 Å². The number of nitrogens with one attached hydrogen (secondary N) is 1. The highest BCUT2D eigenvalue weighted by Gasteiger charge is 2.27. The van der Waals surface area contributed by atoms with Crippen LogP contribution in [0, 0.1) is 11.8 Å². The Hall–Kier alpha value is 0.270. The highest BCUT2D eigenvalue weighted by Crippen LogP contribution is 2.31. The number of thioether (sulfide) groups is 1. The molecule has 0 bridgehead atoms. The van der Waals surface area contributed by atoms with Crippen LogP contribution in [0.1, 0.15) is 48.0 Å². The molecule has 1 rings (SSSR count). The minimum absolute atomic E-state index is 0.466. The summed E-state index contributed by atoms with van der Waals surface area (Å²) in [5.74, 6) is 2.76. The van der Waals surface area contributed by atoms with Gasteiger partial charge in [0.2, 0.25) is 0 Å². The van der Waals surface area contributed by atoms with Crippen LogP contribution in [0.3, 0.4) is 0 Å². The van der Waals surface area contributed by atoms with Crippen molar-refractivity contribution < 1.29 is 0 Å². The first-order valence-corrected chi connectivity index (χ1v) is 8.89. The molecule has 1 saturated heterocycles. The first-order chi connectivity index (χ1) is 8.82. The van der Waals surface area contributed by atoms with Gasteiger partial charge in [-0.25, -0.2) is 0 Å². The third-order valence-electron chi connectivity index (χ3n) is 4.29. The fourth-order valence-corrected chi connectivity index (χ4v) is 3.69. The Kier molecular flexibility index (Phi) is 7.20. The quantitative estimate of drug-likeness (QED) is 0.805. The van der Waals surface area contributed by atoms with Crippen molar-refractivity contribution in [2.24, 2.45) is 11.8 Å². The molecule has 1 aliphatic rings. The van der Waals surface area contributed by atoms with Gasteiger partial charge in [0, 0.05) is 23.1 Å². The smallest absolute Gasteiger partial charge is 0.0116 e. The van der Waals surface area contributed by atoms with Crippen molar-refractivity contribution in [1.29, 1.82) is 0 Å². The second-order valence-corrected chi connectivity index (χ2v) is 8.97. The maximum atomic E-state index is 3.60. The zero-order valence-corrected chi connectivity index (χ0v) is 14.6. The second-order valence-electron chi connectivity index (χ2n) is 7.16. The Morgan fingerprint density at radius 1 is 1.11 bits per heavy atom. The van der Waals surface area contributed by atoms with Crippen molar-refractivity contribution in [3.63, 3.8) is 0 Å². The van der Waals surface area contributed by atoms with E-state index in [4.69, 9.17) is 0 Å². The lowest BCUT2D eigenvalue weighted by molar-refractivity contribution is 0.166. The summed E-state index contributed by atoms with van der Waals surface area (Å²) in [6.45, 7) is 18.9. The summed E-state index contributed by atoms with van der Waals surface area (Å²) in [6, 6.07) is 0.689. The molecule has 0 aromatic carbocycles. The number of nitrogens with zero attached hydrogens (tertiary/aromatic N) is 1. The van der Waals surface area contributed by atoms with E-state index in [1.807, 2.05) is 0 Å². The van der Waals surface area contributed by atoms with Crippen LogP contribution in [0.5, 0.6) is 0 Å². The van der Waals surface area contributed by atoms with Crippen molar-refractivity contribution in [1.82, 2.24) is 10.2 Å².